The zero-order valence-electron chi connectivity index (χ0n) is 18.4. The topological polar surface area (TPSA) is 95.0 Å². The Morgan fingerprint density at radius 2 is 1.97 bits per heavy atom. The van der Waals surface area contributed by atoms with Gasteiger partial charge in [-0.2, -0.15) is 14.0 Å². The van der Waals surface area contributed by atoms with Crippen LogP contribution < -0.4 is 0 Å². The first-order chi connectivity index (χ1) is 15.3. The number of carbonyl (C=O) groups is 1. The lowest BCUT2D eigenvalue weighted by Gasteiger charge is -2.35. The molecule has 1 aliphatic rings. The lowest BCUT2D eigenvalue weighted by Crippen LogP contribution is -2.45. The van der Waals surface area contributed by atoms with Gasteiger partial charge < -0.3 is 10.0 Å². The predicted molar refractivity (Wildman–Crippen MR) is 116 cm³/mol. The molecule has 3 rings (SSSR count). The van der Waals surface area contributed by atoms with Gasteiger partial charge >= 0.3 is 5.92 Å². The van der Waals surface area contributed by atoms with Crippen molar-refractivity contribution in [1.82, 2.24) is 25.5 Å². The third-order valence-corrected chi connectivity index (χ3v) is 5.96. The molecule has 2 atom stereocenters. The quantitative estimate of drug-likeness (QED) is 0.404. The van der Waals surface area contributed by atoms with Gasteiger partial charge in [-0.15, -0.1) is 10.2 Å². The molecule has 2 N–H and O–H groups in total. The van der Waals surface area contributed by atoms with Crippen molar-refractivity contribution in [1.29, 1.82) is 0 Å². The Labute approximate surface area is 186 Å². The van der Waals surface area contributed by atoms with E-state index in [9.17, 15) is 18.7 Å². The fraction of sp³-hybridized carbons (Fsp3) is 0.565. The minimum absolute atomic E-state index is 0.0344. The molecule has 1 fully saturated rings. The van der Waals surface area contributed by atoms with E-state index < -0.39 is 11.5 Å². The lowest BCUT2D eigenvalue weighted by atomic mass is 9.89. The molecule has 1 amide bonds. The highest BCUT2D eigenvalue weighted by Crippen LogP contribution is 2.40. The van der Waals surface area contributed by atoms with Crippen LogP contribution in [0.2, 0.25) is 0 Å². The van der Waals surface area contributed by atoms with Crippen LogP contribution in [-0.2, 0) is 17.1 Å². The van der Waals surface area contributed by atoms with Crippen molar-refractivity contribution in [2.45, 2.75) is 75.9 Å². The maximum atomic E-state index is 14.9. The second kappa shape index (κ2) is 10.8. The number of hydrogen-bond acceptors (Lipinski definition) is 5. The number of aromatic nitrogens is 4. The van der Waals surface area contributed by atoms with Gasteiger partial charge in [0.2, 0.25) is 5.91 Å². The lowest BCUT2D eigenvalue weighted by molar-refractivity contribution is -0.152. The fourth-order valence-corrected chi connectivity index (χ4v) is 3.99. The van der Waals surface area contributed by atoms with Crippen LogP contribution in [0.25, 0.3) is 0 Å². The van der Waals surface area contributed by atoms with Crippen LogP contribution in [0.4, 0.5) is 8.78 Å². The Bertz CT molecular complexity index is 872. The summed E-state index contributed by atoms with van der Waals surface area (Å²) in [5, 5.41) is 24.4. The number of nitrogens with one attached hydrogen (secondary N) is 1. The van der Waals surface area contributed by atoms with Crippen molar-refractivity contribution in [2.24, 2.45) is 0 Å². The van der Waals surface area contributed by atoms with E-state index in [1.165, 1.54) is 24.3 Å². The molecule has 1 saturated heterocycles. The van der Waals surface area contributed by atoms with Gasteiger partial charge in [-0.25, -0.2) is 0 Å². The average molecular weight is 448 g/mol. The number of alkyl halides is 2. The summed E-state index contributed by atoms with van der Waals surface area (Å²) in [6.07, 6.45) is 9.07. The van der Waals surface area contributed by atoms with Crippen molar-refractivity contribution >= 4 is 5.91 Å². The monoisotopic (exact) mass is 447 g/mol. The molecular weight excluding hydrogens is 416 g/mol. The number of carbonyl (C=O) groups excluding carboxylic acids is 1. The molecule has 0 spiro atoms. The minimum atomic E-state index is -3.45. The number of hydrogen-bond donors (Lipinski definition) is 2. The first-order valence-electron chi connectivity index (χ1n) is 11.2. The van der Waals surface area contributed by atoms with Gasteiger partial charge in [0.25, 0.3) is 0 Å². The Morgan fingerprint density at radius 1 is 1.22 bits per heavy atom. The summed E-state index contributed by atoms with van der Waals surface area (Å²) < 4.78 is 29.8. The van der Waals surface area contributed by atoms with Crippen LogP contribution in [0, 0.1) is 0 Å². The van der Waals surface area contributed by atoms with E-state index in [2.05, 4.69) is 20.6 Å². The number of amides is 1. The number of tetrazole rings is 1. The Kier molecular flexibility index (Phi) is 8.06. The van der Waals surface area contributed by atoms with Gasteiger partial charge in [-0.3, -0.25) is 4.79 Å². The zero-order chi connectivity index (χ0) is 23.0. The summed E-state index contributed by atoms with van der Waals surface area (Å²) in [4.78, 5) is 14.2. The van der Waals surface area contributed by atoms with Crippen LogP contribution in [-0.4, -0.2) is 54.7 Å². The summed E-state index contributed by atoms with van der Waals surface area (Å²) in [6, 6.07) is 7.02. The molecule has 174 valence electrons. The summed E-state index contributed by atoms with van der Waals surface area (Å²) >= 11 is 0. The predicted octanol–water partition coefficient (Wildman–Crippen LogP) is 3.78. The van der Waals surface area contributed by atoms with Gasteiger partial charge in [0.15, 0.2) is 5.82 Å². The summed E-state index contributed by atoms with van der Waals surface area (Å²) in [6.45, 7) is 1.68. The van der Waals surface area contributed by atoms with Crippen LogP contribution >= 0.6 is 0 Å². The van der Waals surface area contributed by atoms with Crippen LogP contribution in [0.5, 0.6) is 0 Å². The van der Waals surface area contributed by atoms with Crippen molar-refractivity contribution < 1.29 is 18.7 Å². The number of aromatic amines is 1. The first-order valence-corrected chi connectivity index (χ1v) is 11.2. The SMILES string of the molecule is C[C@](O)(/C=C/[C@H]1CCCC(=O)N1CCCCCCc1nn[nH]n1)C(F)(F)c1ccccc1. The Balaban J connectivity index is 1.54. The van der Waals surface area contributed by atoms with E-state index in [1.54, 1.807) is 17.0 Å². The molecule has 32 heavy (non-hydrogen) atoms. The third-order valence-electron chi connectivity index (χ3n) is 5.96. The molecule has 0 radical (unpaired) electrons. The largest absolute Gasteiger partial charge is 0.379 e. The highest BCUT2D eigenvalue weighted by Gasteiger charge is 2.48. The standard InChI is InChI=1S/C23H31F2N5O2/c1-22(32,23(24,25)18-10-5-4-6-11-18)16-15-19-12-9-14-21(31)30(19)17-8-3-2-7-13-20-26-28-29-27-20/h4-6,10-11,15-16,19,32H,2-3,7-9,12-14,17H2,1H3,(H,26,27,28,29)/b16-15+/t19-,22+/m1/s1. The molecule has 9 heteroatoms. The number of nitrogens with zero attached hydrogens (tertiary/aromatic N) is 4. The number of halogens is 2. The number of piperidine rings is 1. The number of aryl methyl sites for hydroxylation is 1. The fourth-order valence-electron chi connectivity index (χ4n) is 3.99. The number of H-pyrrole nitrogens is 1. The Hall–Kier alpha value is -2.68. The van der Waals surface area contributed by atoms with Crippen molar-refractivity contribution in [3.8, 4) is 0 Å². The first kappa shape index (κ1) is 24.0. The van der Waals surface area contributed by atoms with E-state index in [0.717, 1.165) is 45.1 Å². The summed E-state index contributed by atoms with van der Waals surface area (Å²) in [5.74, 6) is -2.72. The van der Waals surface area contributed by atoms with E-state index >= 15 is 0 Å². The molecule has 7 nitrogen and oxygen atoms in total. The van der Waals surface area contributed by atoms with Gasteiger partial charge in [-0.05, 0) is 38.7 Å². The molecule has 1 aromatic heterocycles. The minimum Gasteiger partial charge on any atom is -0.379 e. The molecule has 2 aromatic rings. The zero-order valence-corrected chi connectivity index (χ0v) is 18.4. The van der Waals surface area contributed by atoms with E-state index in [1.807, 2.05) is 0 Å². The normalized spacial score (nSPS) is 19.4. The maximum Gasteiger partial charge on any atom is 0.304 e. The Morgan fingerprint density at radius 3 is 2.69 bits per heavy atom. The van der Waals surface area contributed by atoms with Crippen LogP contribution in [0.1, 0.15) is 63.3 Å². The van der Waals surface area contributed by atoms with Gasteiger partial charge in [0.1, 0.15) is 5.60 Å². The summed E-state index contributed by atoms with van der Waals surface area (Å²) in [7, 11) is 0. The molecule has 0 saturated carbocycles. The van der Waals surface area contributed by atoms with Crippen LogP contribution in [0.15, 0.2) is 42.5 Å². The van der Waals surface area contributed by atoms with Crippen molar-refractivity contribution in [3.05, 3.63) is 53.9 Å². The highest BCUT2D eigenvalue weighted by atomic mass is 19.3. The van der Waals surface area contributed by atoms with E-state index in [0.29, 0.717) is 31.6 Å². The molecule has 0 bridgehead atoms. The smallest absolute Gasteiger partial charge is 0.304 e. The van der Waals surface area contributed by atoms with Crippen molar-refractivity contribution in [2.75, 3.05) is 6.54 Å². The molecule has 2 heterocycles. The molecule has 1 aromatic carbocycles. The third kappa shape index (κ3) is 5.97. The highest BCUT2D eigenvalue weighted by molar-refractivity contribution is 5.77. The molecule has 0 aliphatic carbocycles. The maximum absolute atomic E-state index is 14.9. The van der Waals surface area contributed by atoms with E-state index in [-0.39, 0.29) is 17.5 Å². The van der Waals surface area contributed by atoms with Crippen LogP contribution in [0.3, 0.4) is 0 Å². The number of likely N-dealkylation sites (tertiary alicyclic amines) is 1. The van der Waals surface area contributed by atoms with E-state index in [4.69, 9.17) is 0 Å². The number of unbranched alkanes of at least 4 members (excludes halogenated alkanes) is 3. The molecular formula is C23H31F2N5O2. The number of aliphatic hydroxyl groups is 1. The van der Waals surface area contributed by atoms with Crippen molar-refractivity contribution in [3.63, 3.8) is 0 Å². The van der Waals surface area contributed by atoms with Gasteiger partial charge in [0.05, 0.1) is 6.04 Å². The molecule has 1 aliphatic heterocycles. The number of rotatable bonds is 11. The number of benzene rings is 1. The second-order valence-electron chi connectivity index (χ2n) is 8.49. The average Bonchev–Trinajstić information content (AvgIpc) is 3.30. The summed E-state index contributed by atoms with van der Waals surface area (Å²) in [5.41, 5.74) is -2.61. The molecule has 0 unspecified atom stereocenters. The van der Waals surface area contributed by atoms with Gasteiger partial charge in [-0.1, -0.05) is 54.5 Å². The van der Waals surface area contributed by atoms with Gasteiger partial charge in [0, 0.05) is 24.9 Å². The second-order valence-corrected chi connectivity index (χ2v) is 8.49.